The number of hydrogen-bond donors (Lipinski definition) is 1. The lowest BCUT2D eigenvalue weighted by Gasteiger charge is -2.04. The van der Waals surface area contributed by atoms with Crippen LogP contribution in [0.25, 0.3) is 0 Å². The maximum atomic E-state index is 11.4. The number of nitrogens with one attached hydrogen (secondary N) is 1. The van der Waals surface area contributed by atoms with E-state index < -0.39 is 0 Å². The van der Waals surface area contributed by atoms with Crippen LogP contribution in [0.1, 0.15) is 12.8 Å². The second-order valence-corrected chi connectivity index (χ2v) is 3.72. The van der Waals surface area contributed by atoms with E-state index in [1.807, 2.05) is 6.07 Å². The summed E-state index contributed by atoms with van der Waals surface area (Å²) in [6.07, 6.45) is 4.12. The normalized spacial score (nSPS) is 14.6. The van der Waals surface area contributed by atoms with Crippen LogP contribution in [0, 0.1) is 17.2 Å². The topological polar surface area (TPSA) is 70.7 Å². The van der Waals surface area contributed by atoms with E-state index in [1.165, 1.54) is 18.9 Å². The Kier molecular flexibility index (Phi) is 2.68. The summed E-state index contributed by atoms with van der Waals surface area (Å²) < 4.78 is 1.14. The first-order chi connectivity index (χ1) is 7.29. The van der Waals surface area contributed by atoms with Crippen LogP contribution in [-0.4, -0.2) is 16.3 Å². The minimum absolute atomic E-state index is 0.00172. The zero-order valence-electron chi connectivity index (χ0n) is 8.31. The van der Waals surface area contributed by atoms with Crippen LogP contribution < -0.4 is 10.9 Å². The summed E-state index contributed by atoms with van der Waals surface area (Å²) in [6.45, 7) is 0.908. The average molecular weight is 204 g/mol. The first-order valence-electron chi connectivity index (χ1n) is 4.97. The van der Waals surface area contributed by atoms with Gasteiger partial charge in [-0.2, -0.15) is 10.4 Å². The molecular weight excluding hydrogens is 192 g/mol. The lowest BCUT2D eigenvalue weighted by Crippen LogP contribution is -2.22. The lowest BCUT2D eigenvalue weighted by molar-refractivity contribution is 0.658. The molecule has 1 saturated carbocycles. The fourth-order valence-corrected chi connectivity index (χ4v) is 1.30. The average Bonchev–Trinajstić information content (AvgIpc) is 3.03. The summed E-state index contributed by atoms with van der Waals surface area (Å²) in [5.74, 6) is 0.756. The zero-order chi connectivity index (χ0) is 10.7. The third-order valence-electron chi connectivity index (χ3n) is 2.38. The van der Waals surface area contributed by atoms with E-state index in [9.17, 15) is 4.79 Å². The quantitative estimate of drug-likeness (QED) is 0.779. The number of aromatic nitrogens is 2. The van der Waals surface area contributed by atoms with E-state index in [4.69, 9.17) is 5.26 Å². The van der Waals surface area contributed by atoms with Crippen molar-refractivity contribution in [1.29, 1.82) is 5.26 Å². The van der Waals surface area contributed by atoms with Crippen LogP contribution in [-0.2, 0) is 6.54 Å². The first-order valence-corrected chi connectivity index (χ1v) is 4.97. The molecule has 0 aromatic carbocycles. The summed E-state index contributed by atoms with van der Waals surface area (Å²) in [4.78, 5) is 11.4. The third kappa shape index (κ3) is 2.56. The highest BCUT2D eigenvalue weighted by molar-refractivity contribution is 5.38. The molecule has 1 aliphatic rings. The van der Waals surface area contributed by atoms with E-state index in [2.05, 4.69) is 10.4 Å². The predicted octanol–water partition coefficient (Wildman–Crippen LogP) is 0.589. The second kappa shape index (κ2) is 4.13. The van der Waals surface area contributed by atoms with Crippen molar-refractivity contribution in [1.82, 2.24) is 9.78 Å². The molecule has 0 saturated heterocycles. The molecule has 2 rings (SSSR count). The van der Waals surface area contributed by atoms with Crippen molar-refractivity contribution in [2.75, 3.05) is 11.9 Å². The van der Waals surface area contributed by atoms with Crippen molar-refractivity contribution < 1.29 is 0 Å². The molecule has 0 amide bonds. The lowest BCUT2D eigenvalue weighted by atomic mass is 10.4. The summed E-state index contributed by atoms with van der Waals surface area (Å²) in [6, 6.07) is 3.36. The SMILES string of the molecule is N#CCn1ncc(NCC2CC2)cc1=O. The summed E-state index contributed by atoms with van der Waals surface area (Å²) in [7, 11) is 0. The number of anilines is 1. The maximum absolute atomic E-state index is 11.4. The Hall–Kier alpha value is -1.83. The number of rotatable bonds is 4. The largest absolute Gasteiger partial charge is 0.383 e. The van der Waals surface area contributed by atoms with Crippen LogP contribution in [0.5, 0.6) is 0 Å². The van der Waals surface area contributed by atoms with Crippen molar-refractivity contribution in [3.63, 3.8) is 0 Å². The number of nitriles is 1. The summed E-state index contributed by atoms with van der Waals surface area (Å²) in [5.41, 5.74) is 0.499. The zero-order valence-corrected chi connectivity index (χ0v) is 8.31. The van der Waals surface area contributed by atoms with Crippen molar-refractivity contribution in [3.8, 4) is 6.07 Å². The predicted molar refractivity (Wildman–Crippen MR) is 55.3 cm³/mol. The van der Waals surface area contributed by atoms with E-state index in [1.54, 1.807) is 6.20 Å². The van der Waals surface area contributed by atoms with Gasteiger partial charge in [0.05, 0.1) is 18.0 Å². The molecule has 0 aliphatic heterocycles. The van der Waals surface area contributed by atoms with E-state index in [-0.39, 0.29) is 12.1 Å². The van der Waals surface area contributed by atoms with E-state index in [0.717, 1.165) is 22.8 Å². The van der Waals surface area contributed by atoms with Gasteiger partial charge in [-0.3, -0.25) is 4.79 Å². The molecule has 5 nitrogen and oxygen atoms in total. The molecule has 1 N–H and O–H groups in total. The van der Waals surface area contributed by atoms with Gasteiger partial charge in [0.1, 0.15) is 6.54 Å². The molecule has 15 heavy (non-hydrogen) atoms. The van der Waals surface area contributed by atoms with Gasteiger partial charge in [-0.15, -0.1) is 0 Å². The van der Waals surface area contributed by atoms with Gasteiger partial charge in [-0.25, -0.2) is 4.68 Å². The molecule has 1 aliphatic carbocycles. The summed E-state index contributed by atoms with van der Waals surface area (Å²) in [5, 5.41) is 15.5. The Balaban J connectivity index is 2.03. The molecule has 1 heterocycles. The Labute approximate surface area is 87.3 Å². The van der Waals surface area contributed by atoms with Crippen molar-refractivity contribution in [2.24, 2.45) is 5.92 Å². The van der Waals surface area contributed by atoms with Gasteiger partial charge in [0.15, 0.2) is 0 Å². The molecule has 0 spiro atoms. The number of nitrogens with zero attached hydrogens (tertiary/aromatic N) is 3. The van der Waals surface area contributed by atoms with Gasteiger partial charge >= 0.3 is 0 Å². The van der Waals surface area contributed by atoms with Gasteiger partial charge in [0, 0.05) is 12.6 Å². The Morgan fingerprint density at radius 1 is 1.67 bits per heavy atom. The molecule has 0 bridgehead atoms. The molecule has 0 radical (unpaired) electrons. The Morgan fingerprint density at radius 3 is 3.07 bits per heavy atom. The highest BCUT2D eigenvalue weighted by Gasteiger charge is 2.20. The first kappa shape index (κ1) is 9.71. The van der Waals surface area contributed by atoms with Crippen molar-refractivity contribution in [2.45, 2.75) is 19.4 Å². The minimum atomic E-state index is -0.239. The number of hydrogen-bond acceptors (Lipinski definition) is 4. The molecule has 1 aromatic rings. The van der Waals surface area contributed by atoms with Gasteiger partial charge in [0.25, 0.3) is 5.56 Å². The van der Waals surface area contributed by atoms with Crippen LogP contribution in [0.2, 0.25) is 0 Å². The van der Waals surface area contributed by atoms with Crippen LogP contribution in [0.15, 0.2) is 17.1 Å². The smallest absolute Gasteiger partial charge is 0.269 e. The Bertz CT molecular complexity index is 441. The maximum Gasteiger partial charge on any atom is 0.269 e. The third-order valence-corrected chi connectivity index (χ3v) is 2.38. The monoisotopic (exact) mass is 204 g/mol. The highest BCUT2D eigenvalue weighted by atomic mass is 16.1. The highest BCUT2D eigenvalue weighted by Crippen LogP contribution is 2.28. The standard InChI is InChI=1S/C10H12N4O/c11-3-4-14-10(15)5-9(7-13-14)12-6-8-1-2-8/h5,7-8,12H,1-2,4,6H2. The second-order valence-electron chi connectivity index (χ2n) is 3.72. The van der Waals surface area contributed by atoms with Crippen molar-refractivity contribution in [3.05, 3.63) is 22.6 Å². The van der Waals surface area contributed by atoms with Crippen LogP contribution in [0.3, 0.4) is 0 Å². The molecular formula is C10H12N4O. The molecule has 5 heteroatoms. The van der Waals surface area contributed by atoms with Gasteiger partial charge in [-0.1, -0.05) is 0 Å². The van der Waals surface area contributed by atoms with Gasteiger partial charge in [0.2, 0.25) is 0 Å². The van der Waals surface area contributed by atoms with E-state index >= 15 is 0 Å². The molecule has 0 unspecified atom stereocenters. The minimum Gasteiger partial charge on any atom is -0.383 e. The molecule has 78 valence electrons. The fourth-order valence-electron chi connectivity index (χ4n) is 1.30. The Morgan fingerprint density at radius 2 is 2.47 bits per heavy atom. The van der Waals surface area contributed by atoms with Crippen LogP contribution >= 0.6 is 0 Å². The summed E-state index contributed by atoms with van der Waals surface area (Å²) >= 11 is 0. The van der Waals surface area contributed by atoms with E-state index in [0.29, 0.717) is 0 Å². The van der Waals surface area contributed by atoms with Crippen molar-refractivity contribution >= 4 is 5.69 Å². The van der Waals surface area contributed by atoms with Crippen LogP contribution in [0.4, 0.5) is 5.69 Å². The molecule has 1 aromatic heterocycles. The molecule has 0 atom stereocenters. The molecule has 1 fully saturated rings. The van der Waals surface area contributed by atoms with Gasteiger partial charge in [-0.05, 0) is 18.8 Å². The van der Waals surface area contributed by atoms with Gasteiger partial charge < -0.3 is 5.32 Å². The fraction of sp³-hybridized carbons (Fsp3) is 0.500.